The van der Waals surface area contributed by atoms with Crippen LogP contribution in [0.1, 0.15) is 32.6 Å². The standard InChI is InChI=1S/C22H27B3N6O2/c1-21(32)7-4-14(5-8-21)28-20-29-18-17(19(30-20)33-22(23,24)25)15(11-26-18)12-2-3-16-13(10-12)6-9-27-31-16/h2-3,6,9-11,14,32H,4-5,7-8,23-25H2,1H3,(H2,26,28,29,30)/t14-,21+. The minimum absolute atomic E-state index is 0.223. The Hall–Kier alpha value is -3.07. The van der Waals surface area contributed by atoms with Crippen molar-refractivity contribution in [2.75, 3.05) is 5.32 Å². The van der Waals surface area contributed by atoms with Gasteiger partial charge in [0.1, 0.15) is 29.2 Å². The van der Waals surface area contributed by atoms with Crippen molar-refractivity contribution in [1.29, 1.82) is 0 Å². The highest BCUT2D eigenvalue weighted by Crippen LogP contribution is 2.37. The molecule has 33 heavy (non-hydrogen) atoms. The topological polar surface area (TPSA) is 109 Å². The van der Waals surface area contributed by atoms with Crippen molar-refractivity contribution in [1.82, 2.24) is 25.1 Å². The number of anilines is 1. The average molecular weight is 440 g/mol. The first kappa shape index (κ1) is 21.8. The summed E-state index contributed by atoms with van der Waals surface area (Å²) in [6.07, 6.45) is 6.92. The molecule has 1 fully saturated rings. The second kappa shape index (κ2) is 8.06. The molecular formula is C22H27B3N6O2. The number of aliphatic hydroxyl groups is 1. The van der Waals surface area contributed by atoms with Crippen molar-refractivity contribution >= 4 is 51.4 Å². The smallest absolute Gasteiger partial charge is 0.228 e. The largest absolute Gasteiger partial charge is 0.498 e. The molecule has 0 atom stereocenters. The van der Waals surface area contributed by atoms with Gasteiger partial charge in [0.2, 0.25) is 11.8 Å². The Morgan fingerprint density at radius 3 is 2.73 bits per heavy atom. The van der Waals surface area contributed by atoms with Gasteiger partial charge in [-0.2, -0.15) is 20.2 Å². The minimum Gasteiger partial charge on any atom is -0.498 e. The van der Waals surface area contributed by atoms with E-state index in [4.69, 9.17) is 14.7 Å². The third-order valence-corrected chi connectivity index (χ3v) is 6.12. The van der Waals surface area contributed by atoms with Crippen molar-refractivity contribution in [3.05, 3.63) is 36.7 Å². The van der Waals surface area contributed by atoms with Crippen LogP contribution in [0.2, 0.25) is 0 Å². The quantitative estimate of drug-likeness (QED) is 0.390. The van der Waals surface area contributed by atoms with Gasteiger partial charge in [-0.1, -0.05) is 6.07 Å². The summed E-state index contributed by atoms with van der Waals surface area (Å²) in [6, 6.07) is 8.26. The molecule has 0 radical (unpaired) electrons. The number of nitrogens with one attached hydrogen (secondary N) is 2. The van der Waals surface area contributed by atoms with Crippen LogP contribution in [0.15, 0.2) is 36.7 Å². The SMILES string of the molecule is BC(B)(B)Oc1nc(N[C@H]2CC[C@@](C)(O)CC2)nc2[nH]cc(-c3ccc4nnccc4c3)c12. The average Bonchev–Trinajstić information content (AvgIpc) is 3.18. The third kappa shape index (κ3) is 4.69. The molecule has 4 aromatic rings. The molecule has 0 saturated heterocycles. The van der Waals surface area contributed by atoms with Crippen molar-refractivity contribution in [3.8, 4) is 17.0 Å². The zero-order chi connectivity index (χ0) is 23.2. The van der Waals surface area contributed by atoms with Crippen LogP contribution in [0, 0.1) is 0 Å². The number of hydrogen-bond acceptors (Lipinski definition) is 7. The fourth-order valence-corrected chi connectivity index (χ4v) is 4.38. The Kier molecular flexibility index (Phi) is 5.31. The lowest BCUT2D eigenvalue weighted by Gasteiger charge is -2.33. The van der Waals surface area contributed by atoms with Gasteiger partial charge in [-0.25, -0.2) is 0 Å². The predicted octanol–water partition coefficient (Wildman–Crippen LogP) is 0.563. The third-order valence-electron chi connectivity index (χ3n) is 6.12. The van der Waals surface area contributed by atoms with E-state index in [2.05, 4.69) is 26.6 Å². The molecule has 0 spiro atoms. The number of aromatic amines is 1. The van der Waals surface area contributed by atoms with Crippen molar-refractivity contribution in [2.24, 2.45) is 0 Å². The van der Waals surface area contributed by atoms with Gasteiger partial charge in [0.15, 0.2) is 0 Å². The fraction of sp³-hybridized carbons (Fsp3) is 0.364. The first-order valence-corrected chi connectivity index (χ1v) is 11.5. The van der Waals surface area contributed by atoms with Gasteiger partial charge in [-0.05, 0) is 56.4 Å². The summed E-state index contributed by atoms with van der Waals surface area (Å²) in [6.45, 7) is 1.90. The number of aromatic nitrogens is 5. The van der Waals surface area contributed by atoms with Crippen LogP contribution < -0.4 is 10.1 Å². The van der Waals surface area contributed by atoms with E-state index in [1.807, 2.05) is 54.9 Å². The van der Waals surface area contributed by atoms with Crippen molar-refractivity contribution < 1.29 is 9.84 Å². The maximum absolute atomic E-state index is 10.3. The van der Waals surface area contributed by atoms with E-state index in [0.29, 0.717) is 11.8 Å². The molecule has 1 aliphatic rings. The lowest BCUT2D eigenvalue weighted by molar-refractivity contribution is 0.0195. The number of benzene rings is 1. The molecule has 166 valence electrons. The van der Waals surface area contributed by atoms with E-state index in [0.717, 1.165) is 58.7 Å². The van der Waals surface area contributed by atoms with Crippen LogP contribution in [0.5, 0.6) is 5.88 Å². The first-order valence-electron chi connectivity index (χ1n) is 11.5. The van der Waals surface area contributed by atoms with Crippen LogP contribution in [0.3, 0.4) is 0 Å². The van der Waals surface area contributed by atoms with Gasteiger partial charge >= 0.3 is 0 Å². The molecule has 11 heteroatoms. The maximum Gasteiger partial charge on any atom is 0.228 e. The number of rotatable bonds is 5. The zero-order valence-electron chi connectivity index (χ0n) is 19.5. The molecule has 1 saturated carbocycles. The van der Waals surface area contributed by atoms with Crippen molar-refractivity contribution in [3.63, 3.8) is 0 Å². The van der Waals surface area contributed by atoms with E-state index >= 15 is 0 Å². The Bertz CT molecular complexity index is 1310. The van der Waals surface area contributed by atoms with E-state index < -0.39 is 10.9 Å². The number of ether oxygens (including phenoxy) is 1. The highest BCUT2D eigenvalue weighted by molar-refractivity contribution is 6.58. The number of H-pyrrole nitrogens is 1. The maximum atomic E-state index is 10.3. The first-order chi connectivity index (χ1) is 15.7. The van der Waals surface area contributed by atoms with Crippen LogP contribution in [0.4, 0.5) is 5.95 Å². The molecule has 3 N–H and O–H groups in total. The van der Waals surface area contributed by atoms with Crippen LogP contribution in [-0.4, -0.2) is 70.7 Å². The fourth-order valence-electron chi connectivity index (χ4n) is 4.38. The van der Waals surface area contributed by atoms with E-state index in [1.54, 1.807) is 6.20 Å². The molecule has 8 nitrogen and oxygen atoms in total. The van der Waals surface area contributed by atoms with Crippen molar-refractivity contribution in [2.45, 2.75) is 49.5 Å². The summed E-state index contributed by atoms with van der Waals surface area (Å²) in [4.78, 5) is 12.9. The lowest BCUT2D eigenvalue weighted by atomic mass is 9.52. The van der Waals surface area contributed by atoms with Gasteiger partial charge in [0, 0.05) is 28.5 Å². The lowest BCUT2D eigenvalue weighted by Crippen LogP contribution is -2.38. The minimum atomic E-state index is -0.580. The van der Waals surface area contributed by atoms with Gasteiger partial charge in [-0.15, -0.1) is 0 Å². The summed E-state index contributed by atoms with van der Waals surface area (Å²) in [7, 11) is 6.04. The van der Waals surface area contributed by atoms with E-state index in [-0.39, 0.29) is 6.04 Å². The number of hydrogen-bond donors (Lipinski definition) is 3. The molecule has 0 unspecified atom stereocenters. The molecule has 0 aliphatic heterocycles. The highest BCUT2D eigenvalue weighted by atomic mass is 16.5. The van der Waals surface area contributed by atoms with Gasteiger partial charge in [0.05, 0.1) is 22.7 Å². The molecule has 5 rings (SSSR count). The Labute approximate surface area is 195 Å². The summed E-state index contributed by atoms with van der Waals surface area (Å²) < 4.78 is 6.31. The molecule has 0 amide bonds. The summed E-state index contributed by atoms with van der Waals surface area (Å²) in [5.41, 5.74) is 2.99. The number of nitrogens with zero attached hydrogens (tertiary/aromatic N) is 4. The summed E-state index contributed by atoms with van der Waals surface area (Å²) in [5.74, 6) is 1.08. The van der Waals surface area contributed by atoms with Crippen LogP contribution in [0.25, 0.3) is 33.1 Å². The summed E-state index contributed by atoms with van der Waals surface area (Å²) in [5, 5.41) is 23.3. The Morgan fingerprint density at radius 1 is 1.18 bits per heavy atom. The summed E-state index contributed by atoms with van der Waals surface area (Å²) >= 11 is 0. The molecule has 1 aliphatic carbocycles. The second-order valence-corrected chi connectivity index (χ2v) is 10.2. The molecule has 1 aromatic carbocycles. The van der Waals surface area contributed by atoms with Crippen LogP contribution >= 0.6 is 0 Å². The van der Waals surface area contributed by atoms with Gasteiger partial charge in [0.25, 0.3) is 0 Å². The van der Waals surface area contributed by atoms with E-state index in [9.17, 15) is 5.11 Å². The van der Waals surface area contributed by atoms with Gasteiger partial charge in [-0.3, -0.25) is 0 Å². The Morgan fingerprint density at radius 2 is 1.97 bits per heavy atom. The second-order valence-electron chi connectivity index (χ2n) is 10.2. The zero-order valence-corrected chi connectivity index (χ0v) is 19.5. The number of fused-ring (bicyclic) bond motifs is 2. The molecular weight excluding hydrogens is 413 g/mol. The van der Waals surface area contributed by atoms with Gasteiger partial charge < -0.3 is 20.1 Å². The van der Waals surface area contributed by atoms with E-state index in [1.165, 1.54) is 0 Å². The van der Waals surface area contributed by atoms with Crippen LogP contribution in [-0.2, 0) is 0 Å². The molecule has 0 bridgehead atoms. The monoisotopic (exact) mass is 440 g/mol. The molecule has 3 aromatic heterocycles. The highest BCUT2D eigenvalue weighted by Gasteiger charge is 2.29. The Balaban J connectivity index is 1.55. The normalized spacial score (nSPS) is 21.3. The molecule has 3 heterocycles. The predicted molar refractivity (Wildman–Crippen MR) is 138 cm³/mol.